The lowest BCUT2D eigenvalue weighted by Gasteiger charge is -2.54. The molecule has 5 atom stereocenters. The van der Waals surface area contributed by atoms with Gasteiger partial charge in [-0.3, -0.25) is 9.78 Å². The van der Waals surface area contributed by atoms with Crippen molar-refractivity contribution in [3.63, 3.8) is 0 Å². The summed E-state index contributed by atoms with van der Waals surface area (Å²) in [5.41, 5.74) is 4.16. The summed E-state index contributed by atoms with van der Waals surface area (Å²) in [5, 5.41) is 0. The van der Waals surface area contributed by atoms with Crippen molar-refractivity contribution < 1.29 is 9.53 Å². The van der Waals surface area contributed by atoms with Gasteiger partial charge < -0.3 is 9.64 Å². The van der Waals surface area contributed by atoms with Crippen molar-refractivity contribution in [1.82, 2.24) is 9.88 Å². The van der Waals surface area contributed by atoms with Gasteiger partial charge >= 0.3 is 0 Å². The van der Waals surface area contributed by atoms with Crippen LogP contribution in [0.1, 0.15) is 58.4 Å². The Bertz CT molecular complexity index is 919. The molecule has 0 radical (unpaired) electrons. The van der Waals surface area contributed by atoms with Gasteiger partial charge in [-0.05, 0) is 73.0 Å². The third-order valence-corrected chi connectivity index (χ3v) is 8.59. The molecule has 2 fully saturated rings. The number of fused-ring (bicyclic) bond motifs is 5. The monoisotopic (exact) mass is 392 g/mol. The maximum atomic E-state index is 12.5. The highest BCUT2D eigenvalue weighted by Gasteiger charge is 2.59. The number of pyridine rings is 1. The molecule has 2 heterocycles. The molecule has 1 aromatic heterocycles. The van der Waals surface area contributed by atoms with Crippen LogP contribution in [0.5, 0.6) is 5.75 Å². The van der Waals surface area contributed by atoms with Crippen molar-refractivity contribution in [2.45, 2.75) is 52.9 Å². The van der Waals surface area contributed by atoms with E-state index in [2.05, 4.69) is 37.0 Å². The number of carbonyl (C=O) groups excluding carboxylic acids is 1. The molecule has 4 nitrogen and oxygen atoms in total. The minimum Gasteiger partial charge on any atom is -0.492 e. The summed E-state index contributed by atoms with van der Waals surface area (Å²) >= 11 is 0. The van der Waals surface area contributed by atoms with Gasteiger partial charge in [-0.25, -0.2) is 0 Å². The highest BCUT2D eigenvalue weighted by Crippen LogP contribution is 2.66. The van der Waals surface area contributed by atoms with Gasteiger partial charge in [0.1, 0.15) is 5.75 Å². The Kier molecular flexibility index (Phi) is 4.20. The number of allylic oxidation sites excluding steroid dienone is 4. The van der Waals surface area contributed by atoms with E-state index in [-0.39, 0.29) is 16.7 Å². The fourth-order valence-electron chi connectivity index (χ4n) is 7.21. The zero-order chi connectivity index (χ0) is 20.4. The predicted molar refractivity (Wildman–Crippen MR) is 114 cm³/mol. The quantitative estimate of drug-likeness (QED) is 0.721. The molecule has 29 heavy (non-hydrogen) atoms. The summed E-state index contributed by atoms with van der Waals surface area (Å²) < 4.78 is 5.71. The van der Waals surface area contributed by atoms with E-state index >= 15 is 0 Å². The second-order valence-corrected chi connectivity index (χ2v) is 9.90. The van der Waals surface area contributed by atoms with Crippen molar-refractivity contribution in [3.8, 4) is 5.75 Å². The van der Waals surface area contributed by atoms with Crippen LogP contribution in [0, 0.1) is 28.6 Å². The number of amides is 1. The molecule has 1 saturated carbocycles. The van der Waals surface area contributed by atoms with E-state index in [9.17, 15) is 4.79 Å². The molecule has 4 aliphatic rings. The Morgan fingerprint density at radius 3 is 2.79 bits per heavy atom. The molecule has 0 aromatic carbocycles. The van der Waals surface area contributed by atoms with Crippen LogP contribution in [0.25, 0.3) is 5.57 Å². The van der Waals surface area contributed by atoms with Crippen molar-refractivity contribution >= 4 is 11.5 Å². The van der Waals surface area contributed by atoms with Crippen LogP contribution in [0.2, 0.25) is 0 Å². The molecule has 1 aliphatic heterocycles. The van der Waals surface area contributed by atoms with Crippen LogP contribution in [0.3, 0.4) is 0 Å². The number of aromatic nitrogens is 1. The van der Waals surface area contributed by atoms with Crippen LogP contribution < -0.4 is 4.74 Å². The zero-order valence-corrected chi connectivity index (χ0v) is 18.1. The smallest absolute Gasteiger partial charge is 0.227 e. The lowest BCUT2D eigenvalue weighted by Crippen LogP contribution is -2.47. The minimum atomic E-state index is 0.0231. The SMILES string of the molecule is CCOc1cncc(C2=CC[C@H]3[C@@H]4CC=C5N(C)C(=O)C[C@]5(C)[C@H]4CC[C@]23C)c1. The summed E-state index contributed by atoms with van der Waals surface area (Å²) in [5.74, 6) is 3.05. The van der Waals surface area contributed by atoms with Crippen molar-refractivity contribution in [2.24, 2.45) is 28.6 Å². The van der Waals surface area contributed by atoms with Crippen LogP contribution in [0.4, 0.5) is 0 Å². The largest absolute Gasteiger partial charge is 0.492 e. The van der Waals surface area contributed by atoms with Crippen molar-refractivity contribution in [2.75, 3.05) is 13.7 Å². The van der Waals surface area contributed by atoms with Gasteiger partial charge in [0, 0.05) is 30.8 Å². The molecule has 4 heteroatoms. The van der Waals surface area contributed by atoms with E-state index < -0.39 is 0 Å². The summed E-state index contributed by atoms with van der Waals surface area (Å²) in [7, 11) is 1.96. The third kappa shape index (κ3) is 2.57. The zero-order valence-electron chi connectivity index (χ0n) is 18.1. The second kappa shape index (κ2) is 6.45. The minimum absolute atomic E-state index is 0.0231. The van der Waals surface area contributed by atoms with Crippen LogP contribution >= 0.6 is 0 Å². The third-order valence-electron chi connectivity index (χ3n) is 8.59. The molecule has 0 N–H and O–H groups in total. The average molecular weight is 393 g/mol. The van der Waals surface area contributed by atoms with E-state index in [1.807, 2.05) is 25.1 Å². The first-order valence-electron chi connectivity index (χ1n) is 11.1. The highest BCUT2D eigenvalue weighted by molar-refractivity contribution is 5.83. The summed E-state index contributed by atoms with van der Waals surface area (Å²) in [6.07, 6.45) is 14.0. The molecule has 1 aromatic rings. The maximum Gasteiger partial charge on any atom is 0.227 e. The Morgan fingerprint density at radius 1 is 1.17 bits per heavy atom. The van der Waals surface area contributed by atoms with E-state index in [4.69, 9.17) is 4.74 Å². The molecule has 5 rings (SSSR count). The van der Waals surface area contributed by atoms with E-state index in [1.165, 1.54) is 29.7 Å². The second-order valence-electron chi connectivity index (χ2n) is 9.90. The number of hydrogen-bond acceptors (Lipinski definition) is 3. The van der Waals surface area contributed by atoms with E-state index in [0.29, 0.717) is 30.8 Å². The number of carbonyl (C=O) groups is 1. The van der Waals surface area contributed by atoms with Gasteiger partial charge in [-0.1, -0.05) is 26.0 Å². The Morgan fingerprint density at radius 2 is 2.00 bits per heavy atom. The highest BCUT2D eigenvalue weighted by atomic mass is 16.5. The Hall–Kier alpha value is -2.10. The molecule has 0 spiro atoms. The molecule has 3 aliphatic carbocycles. The van der Waals surface area contributed by atoms with Crippen LogP contribution in [-0.2, 0) is 4.79 Å². The van der Waals surface area contributed by atoms with Gasteiger partial charge in [0.2, 0.25) is 5.91 Å². The fourth-order valence-corrected chi connectivity index (χ4v) is 7.21. The summed E-state index contributed by atoms with van der Waals surface area (Å²) in [4.78, 5) is 18.9. The lowest BCUT2D eigenvalue weighted by molar-refractivity contribution is -0.126. The predicted octanol–water partition coefficient (Wildman–Crippen LogP) is 5.07. The number of rotatable bonds is 3. The Balaban J connectivity index is 1.46. The van der Waals surface area contributed by atoms with Gasteiger partial charge in [0.05, 0.1) is 12.8 Å². The molecule has 1 saturated heterocycles. The standard InChI is InChI=1S/C25H32N2O2/c1-5-29-17-12-16(14-26-15-17)19-7-8-20-18-6-9-22-25(3,13-23(28)27(22)4)21(18)10-11-24(19,20)2/h7,9,12,14-15,18,20-21H,5-6,8,10-11,13H2,1-4H3/t18-,20-,21-,24+,25+/m0/s1. The summed E-state index contributed by atoms with van der Waals surface area (Å²) in [6.45, 7) is 7.48. The van der Waals surface area contributed by atoms with Crippen molar-refractivity contribution in [3.05, 3.63) is 41.9 Å². The molecular formula is C25H32N2O2. The van der Waals surface area contributed by atoms with E-state index in [1.54, 1.807) is 6.20 Å². The van der Waals surface area contributed by atoms with Crippen LogP contribution in [0.15, 0.2) is 36.3 Å². The van der Waals surface area contributed by atoms with Crippen molar-refractivity contribution in [1.29, 1.82) is 0 Å². The van der Waals surface area contributed by atoms with E-state index in [0.717, 1.165) is 18.6 Å². The molecule has 0 bridgehead atoms. The molecule has 154 valence electrons. The normalized spacial score (nSPS) is 38.1. The number of nitrogens with zero attached hydrogens (tertiary/aromatic N) is 2. The van der Waals surface area contributed by atoms with Crippen LogP contribution in [-0.4, -0.2) is 29.4 Å². The first-order valence-corrected chi connectivity index (χ1v) is 11.1. The topological polar surface area (TPSA) is 42.4 Å². The van der Waals surface area contributed by atoms with Gasteiger partial charge in [-0.2, -0.15) is 0 Å². The average Bonchev–Trinajstić information content (AvgIpc) is 3.16. The first kappa shape index (κ1) is 18.9. The lowest BCUT2D eigenvalue weighted by atomic mass is 9.50. The number of likely N-dealkylation sites (tertiary alicyclic amines) is 1. The first-order chi connectivity index (χ1) is 13.9. The molecule has 0 unspecified atom stereocenters. The van der Waals surface area contributed by atoms with Gasteiger partial charge in [0.25, 0.3) is 0 Å². The van der Waals surface area contributed by atoms with Gasteiger partial charge in [0.15, 0.2) is 0 Å². The number of hydrogen-bond donors (Lipinski definition) is 0. The number of ether oxygens (including phenoxy) is 1. The summed E-state index contributed by atoms with van der Waals surface area (Å²) in [6, 6.07) is 2.16. The maximum absolute atomic E-state index is 12.5. The Labute approximate surface area is 174 Å². The molecule has 1 amide bonds. The van der Waals surface area contributed by atoms with Gasteiger partial charge in [-0.15, -0.1) is 0 Å². The fraction of sp³-hybridized carbons (Fsp3) is 0.600. The molecular weight excluding hydrogens is 360 g/mol.